The fraction of sp³-hybridized carbons (Fsp3) is 0.488. The highest BCUT2D eigenvalue weighted by molar-refractivity contribution is 7.86. The summed E-state index contributed by atoms with van der Waals surface area (Å²) in [4.78, 5) is 58.8. The van der Waals surface area contributed by atoms with Crippen molar-refractivity contribution < 1.29 is 59.9 Å². The first-order chi connectivity index (χ1) is 31.0. The Morgan fingerprint density at radius 2 is 1.02 bits per heavy atom. The van der Waals surface area contributed by atoms with Crippen molar-refractivity contribution in [1.29, 1.82) is 0 Å². The van der Waals surface area contributed by atoms with Crippen molar-refractivity contribution in [2.75, 3.05) is 0 Å². The number of halogens is 2. The summed E-state index contributed by atoms with van der Waals surface area (Å²) < 4.78 is 87.9. The van der Waals surface area contributed by atoms with Gasteiger partial charge in [-0.2, -0.15) is 17.2 Å². The maximum atomic E-state index is 15.1. The number of hydrogen-bond donors (Lipinski definition) is 1. The quantitative estimate of drug-likeness (QED) is 0.0858. The first-order valence-corrected chi connectivity index (χ1v) is 22.5. The highest BCUT2D eigenvalue weighted by Gasteiger charge is 2.76. The lowest BCUT2D eigenvalue weighted by atomic mass is 9.44. The van der Waals surface area contributed by atoms with E-state index in [1.54, 1.807) is 18.2 Å². The van der Waals surface area contributed by atoms with Gasteiger partial charge >= 0.3 is 39.2 Å². The molecule has 66 heavy (non-hydrogen) atoms. The normalized spacial score (nSPS) is 23.8. The molecule has 0 saturated heterocycles. The summed E-state index contributed by atoms with van der Waals surface area (Å²) in [6.45, 7) is 0.552. The molecule has 0 heterocycles. The van der Waals surface area contributed by atoms with E-state index in [4.69, 9.17) is 89.6 Å². The Hall–Kier alpha value is -4.11. The van der Waals surface area contributed by atoms with E-state index in [2.05, 4.69) is 0 Å². The summed E-state index contributed by atoms with van der Waals surface area (Å²) in [5.74, 6) is -4.54. The highest BCUT2D eigenvalue weighted by Crippen LogP contribution is 2.68. The molecule has 0 spiro atoms. The molecular formula is C43H39B9F2O11S. The van der Waals surface area contributed by atoms with E-state index in [1.165, 1.54) is 18.2 Å². The summed E-state index contributed by atoms with van der Waals surface area (Å²) in [6.07, 6.45) is -6.17. The van der Waals surface area contributed by atoms with Crippen LogP contribution in [0.1, 0.15) is 121 Å². The molecule has 18 radical (unpaired) electrons. The zero-order valence-electron chi connectivity index (χ0n) is 36.3. The molecule has 23 heteroatoms. The summed E-state index contributed by atoms with van der Waals surface area (Å²) >= 11 is 0. The van der Waals surface area contributed by atoms with Crippen LogP contribution >= 0.6 is 0 Å². The summed E-state index contributed by atoms with van der Waals surface area (Å²) in [6, 6.07) is 9.35. The summed E-state index contributed by atoms with van der Waals surface area (Å²) in [7, 11) is 48.6. The Balaban J connectivity index is 1.58. The average Bonchev–Trinajstić information content (AvgIpc) is 3.26. The van der Waals surface area contributed by atoms with Gasteiger partial charge in [0.15, 0.2) is 6.10 Å². The highest BCUT2D eigenvalue weighted by atomic mass is 32.2. The molecule has 3 aromatic carbocycles. The number of carbonyl (C=O) groups is 4. The monoisotopic (exact) mass is 900 g/mol. The van der Waals surface area contributed by atoms with Crippen LogP contribution in [0.15, 0.2) is 36.4 Å². The van der Waals surface area contributed by atoms with Gasteiger partial charge in [-0.15, -0.1) is 0 Å². The molecule has 0 aliphatic heterocycles. The van der Waals surface area contributed by atoms with Crippen LogP contribution in [-0.4, -0.2) is 136 Å². The molecular weight excluding hydrogens is 860 g/mol. The van der Waals surface area contributed by atoms with E-state index in [1.807, 2.05) is 0 Å². The Bertz CT molecular complexity index is 2470. The number of carbonyl (C=O) groups excluding carboxylic acids is 4. The van der Waals surface area contributed by atoms with Gasteiger partial charge in [0.25, 0.3) is 0 Å². The van der Waals surface area contributed by atoms with Crippen LogP contribution < -0.4 is 5.46 Å². The van der Waals surface area contributed by atoms with Crippen molar-refractivity contribution >= 4 is 110 Å². The van der Waals surface area contributed by atoms with Gasteiger partial charge in [0, 0.05) is 38.5 Å². The van der Waals surface area contributed by atoms with Crippen LogP contribution in [0.25, 0.3) is 0 Å². The second-order valence-corrected chi connectivity index (χ2v) is 19.0. The molecule has 1 N–H and O–H groups in total. The molecule has 3 unspecified atom stereocenters. The van der Waals surface area contributed by atoms with E-state index >= 15 is 8.78 Å². The van der Waals surface area contributed by atoms with Gasteiger partial charge in [-0.05, 0) is 35.7 Å². The molecule has 4 fully saturated rings. The van der Waals surface area contributed by atoms with Crippen LogP contribution in [0.4, 0.5) is 8.78 Å². The maximum absolute atomic E-state index is 15.1. The zero-order chi connectivity index (χ0) is 48.8. The molecule has 7 rings (SSSR count). The molecule has 4 aliphatic rings. The first kappa shape index (κ1) is 51.3. The molecule has 11 nitrogen and oxygen atoms in total. The van der Waals surface area contributed by atoms with E-state index in [9.17, 15) is 32.1 Å². The third kappa shape index (κ3) is 9.37. The lowest BCUT2D eigenvalue weighted by Crippen LogP contribution is -2.73. The lowest BCUT2D eigenvalue weighted by molar-refractivity contribution is -0.279. The smallest absolute Gasteiger partial charge is 0.405 e. The minimum absolute atomic E-state index is 0.0238. The molecule has 4 saturated carbocycles. The Kier molecular flexibility index (Phi) is 14.9. The van der Waals surface area contributed by atoms with Crippen molar-refractivity contribution in [1.82, 2.24) is 0 Å². The van der Waals surface area contributed by atoms with E-state index in [-0.39, 0.29) is 97.5 Å². The van der Waals surface area contributed by atoms with Gasteiger partial charge in [0.1, 0.15) is 24.6 Å². The zero-order valence-corrected chi connectivity index (χ0v) is 37.1. The van der Waals surface area contributed by atoms with E-state index < -0.39 is 86.8 Å². The average molecular weight is 899 g/mol. The molecule has 3 aromatic rings. The lowest BCUT2D eigenvalue weighted by Gasteiger charge is -2.66. The van der Waals surface area contributed by atoms with Crippen LogP contribution in [0.5, 0.6) is 0 Å². The molecule has 0 amide bonds. The number of alkyl halides is 2. The van der Waals surface area contributed by atoms with Gasteiger partial charge in [0.2, 0.25) is 0 Å². The number of benzene rings is 3. The third-order valence-corrected chi connectivity index (χ3v) is 14.0. The molecule has 3 atom stereocenters. The number of esters is 4. The van der Waals surface area contributed by atoms with Gasteiger partial charge in [0.05, 0.1) is 84.9 Å². The topological polar surface area (TPSA) is 160 Å². The van der Waals surface area contributed by atoms with Crippen molar-refractivity contribution in [2.24, 2.45) is 5.41 Å². The van der Waals surface area contributed by atoms with Crippen molar-refractivity contribution in [2.45, 2.75) is 124 Å². The Morgan fingerprint density at radius 3 is 1.38 bits per heavy atom. The maximum Gasteiger partial charge on any atom is 0.405 e. The van der Waals surface area contributed by atoms with Gasteiger partial charge in [-0.1, -0.05) is 108 Å². The minimum Gasteiger partial charge on any atom is -0.455 e. The standard InChI is InChI=1S/C43H39B9F2O11S/c1-22(43(53,54)66(59,60)61)62-38(58)39-16-40(63-35(55)29-6-23(8-44)4-27(12-48)31(29)14-50)19-41(17-39,64-36(56)30-7-24(9-45)5-28(13-49)32(30)15-51)21-42(18-39,20-40)65-37(57)33-25(10-46)2-3-26(11-47)34(33)52/h2-7,22H,8-21H2,1H3,(H,59,60,61). The number of rotatable bonds is 18. The fourth-order valence-corrected chi connectivity index (χ4v) is 11.0. The number of hydrogen-bond acceptors (Lipinski definition) is 10. The molecule has 0 aromatic heterocycles. The molecule has 324 valence electrons. The second-order valence-electron chi connectivity index (χ2n) is 17.5. The van der Waals surface area contributed by atoms with Crippen molar-refractivity contribution in [3.8, 4) is 0 Å². The second kappa shape index (κ2) is 19.1. The fourth-order valence-electron chi connectivity index (χ4n) is 10.6. The van der Waals surface area contributed by atoms with E-state index in [0.717, 1.165) is 0 Å². The van der Waals surface area contributed by atoms with Gasteiger partial charge in [-0.25, -0.2) is 14.4 Å². The third-order valence-electron chi connectivity index (χ3n) is 13.0. The van der Waals surface area contributed by atoms with E-state index in [0.29, 0.717) is 45.9 Å². The summed E-state index contributed by atoms with van der Waals surface area (Å²) in [5, 5.41) is -5.01. The Morgan fingerprint density at radius 1 is 0.621 bits per heavy atom. The summed E-state index contributed by atoms with van der Waals surface area (Å²) in [5.41, 5.74) is -5.23. The van der Waals surface area contributed by atoms with Gasteiger partial charge in [-0.3, -0.25) is 9.35 Å². The van der Waals surface area contributed by atoms with Crippen LogP contribution in [0.2, 0.25) is 0 Å². The predicted octanol–water partition coefficient (Wildman–Crippen LogP) is 1.70. The van der Waals surface area contributed by atoms with Crippen LogP contribution in [-0.2, 0) is 84.4 Å². The first-order valence-electron chi connectivity index (χ1n) is 21.0. The number of ether oxygens (including phenoxy) is 4. The molecule has 4 aliphatic carbocycles. The predicted molar refractivity (Wildman–Crippen MR) is 247 cm³/mol. The largest absolute Gasteiger partial charge is 0.455 e. The SMILES string of the molecule is [B]Cc1cc(C[B])c(C[B])c(C(=O)OC23CC4(OC(=O)c5cc(C[B])cc(C[B])c5C[B])CC(OC(=O)c5c(C[B])ccc(C[B])c5[B])(C2)CC(C(=O)OC(C)C(F)(F)S(=O)(=O)O)(C3)C4)c1. The van der Waals surface area contributed by atoms with Crippen molar-refractivity contribution in [3.05, 3.63) is 97.6 Å². The Labute approximate surface area is 395 Å². The minimum atomic E-state index is -6.14. The van der Waals surface area contributed by atoms with Crippen molar-refractivity contribution in [3.63, 3.8) is 0 Å². The molecule has 4 bridgehead atoms. The van der Waals surface area contributed by atoms with Crippen LogP contribution in [0.3, 0.4) is 0 Å². The van der Waals surface area contributed by atoms with Crippen LogP contribution in [0, 0.1) is 5.41 Å². The van der Waals surface area contributed by atoms with Gasteiger partial charge < -0.3 is 18.9 Å².